The van der Waals surface area contributed by atoms with Crippen LogP contribution in [0, 0.1) is 0 Å². The normalized spacial score (nSPS) is 21.8. The summed E-state index contributed by atoms with van der Waals surface area (Å²) in [5, 5.41) is -0.282. The van der Waals surface area contributed by atoms with Gasteiger partial charge in [0.15, 0.2) is 0 Å². The Kier molecular flexibility index (Phi) is 4.06. The molecule has 3 nitrogen and oxygen atoms in total. The molecule has 1 saturated heterocycles. The van der Waals surface area contributed by atoms with Crippen LogP contribution in [0.25, 0.3) is 0 Å². The molecule has 1 aliphatic heterocycles. The molecule has 5 heteroatoms. The van der Waals surface area contributed by atoms with Gasteiger partial charge in [0.1, 0.15) is 0 Å². The van der Waals surface area contributed by atoms with Crippen molar-refractivity contribution in [2.24, 2.45) is 0 Å². The maximum atomic E-state index is 11.8. The van der Waals surface area contributed by atoms with Crippen LogP contribution < -0.4 is 0 Å². The zero-order valence-corrected chi connectivity index (χ0v) is 9.83. The van der Waals surface area contributed by atoms with Crippen LogP contribution in [-0.2, 0) is 10.0 Å². The largest absolute Gasteiger partial charge is 0.216 e. The first-order valence-electron chi connectivity index (χ1n) is 4.62. The van der Waals surface area contributed by atoms with Crippen LogP contribution in [0.15, 0.2) is 0 Å². The van der Waals surface area contributed by atoms with Gasteiger partial charge in [-0.05, 0) is 26.0 Å². The predicted molar refractivity (Wildman–Crippen MR) is 57.6 cm³/mol. The maximum Gasteiger partial charge on any atom is 0.216 e. The Hall–Kier alpha value is 0.260. The number of hydrogen-bond acceptors (Lipinski definition) is 3. The lowest BCUT2D eigenvalue weighted by Crippen LogP contribution is -2.37. The molecule has 1 heterocycles. The van der Waals surface area contributed by atoms with E-state index in [4.69, 9.17) is 0 Å². The average Bonchev–Trinajstić information content (AvgIpc) is 2.31. The van der Waals surface area contributed by atoms with Crippen molar-refractivity contribution in [2.75, 3.05) is 24.6 Å². The summed E-state index contributed by atoms with van der Waals surface area (Å²) in [6.45, 7) is 4.87. The third kappa shape index (κ3) is 2.86. The molecule has 1 fully saturated rings. The molecule has 0 N–H and O–H groups in total. The molecule has 0 aromatic rings. The molecule has 0 atom stereocenters. The lowest BCUT2D eigenvalue weighted by Gasteiger charge is -2.21. The van der Waals surface area contributed by atoms with Gasteiger partial charge in [0.2, 0.25) is 10.0 Å². The fourth-order valence-corrected chi connectivity index (χ4v) is 3.60. The van der Waals surface area contributed by atoms with Gasteiger partial charge < -0.3 is 0 Å². The zero-order valence-electron chi connectivity index (χ0n) is 8.19. The number of sulfonamides is 1. The Bertz CT molecular complexity index is 241. The number of thioether (sulfide) groups is 1. The highest BCUT2D eigenvalue weighted by molar-refractivity contribution is 7.99. The summed E-state index contributed by atoms with van der Waals surface area (Å²) in [4.78, 5) is 0. The second-order valence-corrected chi connectivity index (χ2v) is 7.17. The van der Waals surface area contributed by atoms with E-state index in [1.165, 1.54) is 0 Å². The van der Waals surface area contributed by atoms with Gasteiger partial charge in [-0.2, -0.15) is 11.8 Å². The molecule has 13 heavy (non-hydrogen) atoms. The van der Waals surface area contributed by atoms with Crippen molar-refractivity contribution in [1.29, 1.82) is 0 Å². The molecule has 78 valence electrons. The standard InChI is InChI=1S/C8H17NO2S2/c1-8(2)13(10,11)9-4-3-6-12-7-5-9/h8H,3-7H2,1-2H3. The van der Waals surface area contributed by atoms with Crippen molar-refractivity contribution < 1.29 is 8.42 Å². The minimum absolute atomic E-state index is 0.282. The highest BCUT2D eigenvalue weighted by Crippen LogP contribution is 2.15. The molecule has 0 spiro atoms. The monoisotopic (exact) mass is 223 g/mol. The molecular formula is C8H17NO2S2. The number of nitrogens with zero attached hydrogens (tertiary/aromatic N) is 1. The van der Waals surface area contributed by atoms with Crippen molar-refractivity contribution in [3.8, 4) is 0 Å². The van der Waals surface area contributed by atoms with E-state index in [1.807, 2.05) is 11.8 Å². The molecule has 0 aromatic carbocycles. The van der Waals surface area contributed by atoms with E-state index in [1.54, 1.807) is 18.2 Å². The van der Waals surface area contributed by atoms with Gasteiger partial charge in [0.25, 0.3) is 0 Å². The molecular weight excluding hydrogens is 206 g/mol. The smallest absolute Gasteiger partial charge is 0.212 e. The Labute approximate surface area is 84.9 Å². The van der Waals surface area contributed by atoms with Crippen LogP contribution in [-0.4, -0.2) is 42.6 Å². The topological polar surface area (TPSA) is 37.4 Å². The van der Waals surface area contributed by atoms with Gasteiger partial charge in [-0.1, -0.05) is 0 Å². The highest BCUT2D eigenvalue weighted by Gasteiger charge is 2.25. The molecule has 0 unspecified atom stereocenters. The summed E-state index contributed by atoms with van der Waals surface area (Å²) in [7, 11) is -3.00. The molecule has 0 amide bonds. The third-order valence-electron chi connectivity index (χ3n) is 2.14. The summed E-state index contributed by atoms with van der Waals surface area (Å²) < 4.78 is 25.1. The summed E-state index contributed by atoms with van der Waals surface area (Å²) in [6, 6.07) is 0. The third-order valence-corrected chi connectivity index (χ3v) is 5.46. The van der Waals surface area contributed by atoms with Gasteiger partial charge in [-0.3, -0.25) is 0 Å². The second-order valence-electron chi connectivity index (χ2n) is 3.46. The van der Waals surface area contributed by atoms with Gasteiger partial charge in [-0.25, -0.2) is 12.7 Å². The zero-order chi connectivity index (χ0) is 9.90. The van der Waals surface area contributed by atoms with E-state index in [-0.39, 0.29) is 5.25 Å². The summed E-state index contributed by atoms with van der Waals surface area (Å²) in [5.74, 6) is 2.02. The lowest BCUT2D eigenvalue weighted by atomic mass is 10.5. The van der Waals surface area contributed by atoms with Crippen LogP contribution in [0.1, 0.15) is 20.3 Å². The SMILES string of the molecule is CC(C)S(=O)(=O)N1CCCSCC1. The quantitative estimate of drug-likeness (QED) is 0.705. The Morgan fingerprint density at radius 2 is 1.92 bits per heavy atom. The van der Waals surface area contributed by atoms with E-state index in [2.05, 4.69) is 0 Å². The Morgan fingerprint density at radius 1 is 1.23 bits per heavy atom. The van der Waals surface area contributed by atoms with Crippen molar-refractivity contribution in [2.45, 2.75) is 25.5 Å². The summed E-state index contributed by atoms with van der Waals surface area (Å²) in [5.41, 5.74) is 0. The number of hydrogen-bond donors (Lipinski definition) is 0. The summed E-state index contributed by atoms with van der Waals surface area (Å²) >= 11 is 1.84. The Balaban J connectivity index is 2.69. The average molecular weight is 223 g/mol. The fraction of sp³-hybridized carbons (Fsp3) is 1.00. The van der Waals surface area contributed by atoms with Crippen molar-refractivity contribution in [3.63, 3.8) is 0 Å². The maximum absolute atomic E-state index is 11.8. The van der Waals surface area contributed by atoms with Crippen LogP contribution in [0.2, 0.25) is 0 Å². The first-order valence-corrected chi connectivity index (χ1v) is 7.27. The van der Waals surface area contributed by atoms with E-state index < -0.39 is 10.0 Å². The predicted octanol–water partition coefficient (Wildman–Crippen LogP) is 1.16. The number of rotatable bonds is 2. The highest BCUT2D eigenvalue weighted by atomic mass is 32.2. The molecule has 0 aromatic heterocycles. The Morgan fingerprint density at radius 3 is 2.54 bits per heavy atom. The van der Waals surface area contributed by atoms with Crippen molar-refractivity contribution in [1.82, 2.24) is 4.31 Å². The molecule has 0 aliphatic carbocycles. The second kappa shape index (κ2) is 4.66. The van der Waals surface area contributed by atoms with E-state index in [0.29, 0.717) is 13.1 Å². The van der Waals surface area contributed by atoms with Crippen LogP contribution >= 0.6 is 11.8 Å². The van der Waals surface area contributed by atoms with Gasteiger partial charge in [0.05, 0.1) is 5.25 Å². The van der Waals surface area contributed by atoms with Crippen molar-refractivity contribution in [3.05, 3.63) is 0 Å². The molecule has 1 aliphatic rings. The van der Waals surface area contributed by atoms with Gasteiger partial charge in [0, 0.05) is 18.8 Å². The fourth-order valence-electron chi connectivity index (χ4n) is 1.28. The van der Waals surface area contributed by atoms with Crippen LogP contribution in [0.5, 0.6) is 0 Å². The molecule has 0 bridgehead atoms. The van der Waals surface area contributed by atoms with E-state index in [0.717, 1.165) is 17.9 Å². The first-order chi connectivity index (χ1) is 6.05. The van der Waals surface area contributed by atoms with Crippen LogP contribution in [0.4, 0.5) is 0 Å². The summed E-state index contributed by atoms with van der Waals surface area (Å²) in [6.07, 6.45) is 0.983. The van der Waals surface area contributed by atoms with E-state index in [9.17, 15) is 8.42 Å². The van der Waals surface area contributed by atoms with E-state index >= 15 is 0 Å². The molecule has 1 rings (SSSR count). The first kappa shape index (κ1) is 11.3. The molecule has 0 saturated carbocycles. The minimum Gasteiger partial charge on any atom is -0.212 e. The van der Waals surface area contributed by atoms with Gasteiger partial charge in [-0.15, -0.1) is 0 Å². The van der Waals surface area contributed by atoms with Crippen LogP contribution in [0.3, 0.4) is 0 Å². The minimum atomic E-state index is -3.00. The lowest BCUT2D eigenvalue weighted by molar-refractivity contribution is 0.429. The van der Waals surface area contributed by atoms with Crippen molar-refractivity contribution >= 4 is 21.8 Å². The molecule has 0 radical (unpaired) electrons. The van der Waals surface area contributed by atoms with Gasteiger partial charge >= 0.3 is 0 Å².